The molecule has 21 heavy (non-hydrogen) atoms. The van der Waals surface area contributed by atoms with Crippen molar-refractivity contribution in [2.24, 2.45) is 23.2 Å². The van der Waals surface area contributed by atoms with Crippen LogP contribution in [0.1, 0.15) is 72.6 Å². The van der Waals surface area contributed by atoms with Gasteiger partial charge in [0, 0.05) is 0 Å². The quantitative estimate of drug-likeness (QED) is 0.603. The molecule has 3 rings (SSSR count). The van der Waals surface area contributed by atoms with Crippen LogP contribution >= 0.6 is 0 Å². The monoisotopic (exact) mass is 288 g/mol. The van der Waals surface area contributed by atoms with Crippen LogP contribution in [0, 0.1) is 23.2 Å². The van der Waals surface area contributed by atoms with Crippen molar-refractivity contribution in [2.45, 2.75) is 78.7 Å². The van der Waals surface area contributed by atoms with Gasteiger partial charge in [0.05, 0.1) is 6.10 Å². The Balaban J connectivity index is 2.04. The Bertz CT molecular complexity index is 472. The van der Waals surface area contributed by atoms with Gasteiger partial charge in [0.2, 0.25) is 0 Å². The van der Waals surface area contributed by atoms with E-state index in [0.717, 1.165) is 24.7 Å². The molecule has 1 heteroatoms. The van der Waals surface area contributed by atoms with E-state index in [-0.39, 0.29) is 6.10 Å². The maximum absolute atomic E-state index is 10.7. The lowest BCUT2D eigenvalue weighted by Crippen LogP contribution is -2.37. The van der Waals surface area contributed by atoms with Gasteiger partial charge in [0.15, 0.2) is 0 Å². The third kappa shape index (κ3) is 2.63. The van der Waals surface area contributed by atoms with Gasteiger partial charge in [-0.1, -0.05) is 31.1 Å². The Labute approximate surface area is 130 Å². The van der Waals surface area contributed by atoms with E-state index >= 15 is 0 Å². The standard InChI is InChI=1S/C20H32O/c1-13-6-5-7-14(2)16-10-11-20(4)12-18(21)17(9-8-13)15(3)19(16)20/h7,13,16,18-19,21H,5-6,8-12H2,1-4H3/b14-7-/t13-,16-,18-,19+,20+/m0/s1. The largest absolute Gasteiger partial charge is 0.389 e. The van der Waals surface area contributed by atoms with Crippen molar-refractivity contribution in [1.82, 2.24) is 0 Å². The zero-order chi connectivity index (χ0) is 15.2. The van der Waals surface area contributed by atoms with E-state index in [4.69, 9.17) is 0 Å². The predicted octanol–water partition coefficient (Wildman–Crippen LogP) is 5.26. The normalized spacial score (nSPS) is 46.8. The van der Waals surface area contributed by atoms with E-state index in [1.807, 2.05) is 0 Å². The van der Waals surface area contributed by atoms with Gasteiger partial charge in [0.25, 0.3) is 0 Å². The van der Waals surface area contributed by atoms with E-state index < -0.39 is 0 Å². The molecule has 2 bridgehead atoms. The maximum Gasteiger partial charge on any atom is 0.0758 e. The lowest BCUT2D eigenvalue weighted by Gasteiger charge is -2.43. The van der Waals surface area contributed by atoms with Gasteiger partial charge in [-0.25, -0.2) is 0 Å². The van der Waals surface area contributed by atoms with Crippen molar-refractivity contribution >= 4 is 0 Å². The summed E-state index contributed by atoms with van der Waals surface area (Å²) in [5.41, 5.74) is 4.88. The van der Waals surface area contributed by atoms with Gasteiger partial charge in [0.1, 0.15) is 0 Å². The van der Waals surface area contributed by atoms with E-state index in [2.05, 4.69) is 33.8 Å². The van der Waals surface area contributed by atoms with Crippen LogP contribution < -0.4 is 0 Å². The first-order valence-corrected chi connectivity index (χ1v) is 8.96. The molecule has 0 aliphatic heterocycles. The Hall–Kier alpha value is -0.560. The van der Waals surface area contributed by atoms with Crippen molar-refractivity contribution in [3.05, 3.63) is 22.8 Å². The second-order valence-corrected chi connectivity index (χ2v) is 8.37. The van der Waals surface area contributed by atoms with Crippen molar-refractivity contribution in [1.29, 1.82) is 0 Å². The van der Waals surface area contributed by atoms with Gasteiger partial charge in [-0.3, -0.25) is 0 Å². The van der Waals surface area contributed by atoms with Gasteiger partial charge in [-0.15, -0.1) is 0 Å². The van der Waals surface area contributed by atoms with Crippen LogP contribution in [0.15, 0.2) is 22.8 Å². The van der Waals surface area contributed by atoms with E-state index in [9.17, 15) is 5.11 Å². The van der Waals surface area contributed by atoms with Crippen LogP contribution in [0.25, 0.3) is 0 Å². The highest BCUT2D eigenvalue weighted by atomic mass is 16.3. The second kappa shape index (κ2) is 5.57. The molecule has 0 heterocycles. The number of aliphatic hydroxyl groups is 1. The Kier molecular flexibility index (Phi) is 4.07. The van der Waals surface area contributed by atoms with Crippen LogP contribution in [-0.2, 0) is 0 Å². The topological polar surface area (TPSA) is 20.2 Å². The molecule has 5 atom stereocenters. The lowest BCUT2D eigenvalue weighted by molar-refractivity contribution is 0.0861. The summed E-state index contributed by atoms with van der Waals surface area (Å²) in [6.45, 7) is 9.49. The first kappa shape index (κ1) is 15.3. The predicted molar refractivity (Wildman–Crippen MR) is 89.0 cm³/mol. The number of aliphatic hydroxyl groups excluding tert-OH is 1. The Morgan fingerprint density at radius 3 is 2.71 bits per heavy atom. The molecule has 0 aromatic carbocycles. The zero-order valence-corrected chi connectivity index (χ0v) is 14.3. The van der Waals surface area contributed by atoms with Crippen LogP contribution in [0.5, 0.6) is 0 Å². The highest BCUT2D eigenvalue weighted by Crippen LogP contribution is 2.58. The fraction of sp³-hybridized carbons (Fsp3) is 0.800. The first-order chi connectivity index (χ1) is 9.92. The fourth-order valence-electron chi connectivity index (χ4n) is 5.52. The van der Waals surface area contributed by atoms with Crippen molar-refractivity contribution in [2.75, 3.05) is 0 Å². The van der Waals surface area contributed by atoms with Crippen molar-refractivity contribution < 1.29 is 5.11 Å². The molecule has 3 aliphatic carbocycles. The SMILES string of the molecule is CC1=C2CC[C@@H](C)CC/C=C(/C)[C@@H]3CC[C@](C)(C[C@@H]2O)[C@H]13. The first-order valence-electron chi connectivity index (χ1n) is 8.96. The molecule has 0 spiro atoms. The highest BCUT2D eigenvalue weighted by Gasteiger charge is 2.50. The van der Waals surface area contributed by atoms with E-state index in [0.29, 0.717) is 11.3 Å². The fourth-order valence-corrected chi connectivity index (χ4v) is 5.52. The molecule has 1 nitrogen and oxygen atoms in total. The minimum absolute atomic E-state index is 0.178. The van der Waals surface area contributed by atoms with Gasteiger partial charge in [-0.05, 0) is 87.5 Å². The molecule has 0 amide bonds. The van der Waals surface area contributed by atoms with Crippen molar-refractivity contribution in [3.63, 3.8) is 0 Å². The minimum Gasteiger partial charge on any atom is -0.389 e. The number of hydrogen-bond donors (Lipinski definition) is 1. The zero-order valence-electron chi connectivity index (χ0n) is 14.3. The number of allylic oxidation sites excluding steroid dienone is 3. The molecule has 1 saturated carbocycles. The molecule has 0 saturated heterocycles. The summed E-state index contributed by atoms with van der Waals surface area (Å²) in [5.74, 6) is 2.18. The molecular formula is C20H32O. The summed E-state index contributed by atoms with van der Waals surface area (Å²) in [6.07, 6.45) is 10.8. The van der Waals surface area contributed by atoms with Crippen LogP contribution in [0.2, 0.25) is 0 Å². The van der Waals surface area contributed by atoms with Crippen LogP contribution in [-0.4, -0.2) is 11.2 Å². The minimum atomic E-state index is -0.178. The summed E-state index contributed by atoms with van der Waals surface area (Å²) < 4.78 is 0. The molecule has 1 fully saturated rings. The summed E-state index contributed by atoms with van der Waals surface area (Å²) in [4.78, 5) is 0. The van der Waals surface area contributed by atoms with Crippen LogP contribution in [0.3, 0.4) is 0 Å². The maximum atomic E-state index is 10.7. The Morgan fingerprint density at radius 1 is 1.19 bits per heavy atom. The molecule has 118 valence electrons. The highest BCUT2D eigenvalue weighted by molar-refractivity contribution is 5.31. The summed E-state index contributed by atoms with van der Waals surface area (Å²) in [6, 6.07) is 0. The summed E-state index contributed by atoms with van der Waals surface area (Å²) in [7, 11) is 0. The molecule has 0 aromatic heterocycles. The molecule has 0 unspecified atom stereocenters. The average Bonchev–Trinajstić information content (AvgIpc) is 2.74. The molecule has 0 aromatic rings. The third-order valence-electron chi connectivity index (χ3n) is 6.83. The second-order valence-electron chi connectivity index (χ2n) is 8.37. The summed E-state index contributed by atoms with van der Waals surface area (Å²) in [5, 5.41) is 10.7. The smallest absolute Gasteiger partial charge is 0.0758 e. The van der Waals surface area contributed by atoms with Crippen LogP contribution in [0.4, 0.5) is 0 Å². The molecule has 3 aliphatic rings. The molecule has 1 N–H and O–H groups in total. The Morgan fingerprint density at radius 2 is 1.95 bits per heavy atom. The van der Waals surface area contributed by atoms with Gasteiger partial charge >= 0.3 is 0 Å². The van der Waals surface area contributed by atoms with Crippen molar-refractivity contribution in [3.8, 4) is 0 Å². The molecular weight excluding hydrogens is 256 g/mol. The van der Waals surface area contributed by atoms with E-state index in [1.165, 1.54) is 37.7 Å². The number of rotatable bonds is 0. The third-order valence-corrected chi connectivity index (χ3v) is 6.83. The number of hydrogen-bond acceptors (Lipinski definition) is 1. The average molecular weight is 288 g/mol. The van der Waals surface area contributed by atoms with Gasteiger partial charge < -0.3 is 5.11 Å². The lowest BCUT2D eigenvalue weighted by atomic mass is 9.63. The van der Waals surface area contributed by atoms with Gasteiger partial charge in [-0.2, -0.15) is 0 Å². The summed E-state index contributed by atoms with van der Waals surface area (Å²) >= 11 is 0. The molecule has 0 radical (unpaired) electrons. The van der Waals surface area contributed by atoms with E-state index in [1.54, 1.807) is 11.1 Å².